The van der Waals surface area contributed by atoms with Crippen LogP contribution in [-0.2, 0) is 23.1 Å². The molecule has 1 amide bonds. The molecule has 3 heterocycles. The number of methoxy groups -OCH3 is 1. The first-order valence-corrected chi connectivity index (χ1v) is 8.23. The Morgan fingerprint density at radius 2 is 2.16 bits per heavy atom. The van der Waals surface area contributed by atoms with Gasteiger partial charge < -0.3 is 9.64 Å². The summed E-state index contributed by atoms with van der Waals surface area (Å²) in [7, 11) is 3.50. The van der Waals surface area contributed by atoms with E-state index in [0.717, 1.165) is 16.6 Å². The minimum absolute atomic E-state index is 0.0299. The lowest BCUT2D eigenvalue weighted by Crippen LogP contribution is -2.33. The van der Waals surface area contributed by atoms with E-state index in [1.54, 1.807) is 22.7 Å². The molecule has 1 aliphatic heterocycles. The van der Waals surface area contributed by atoms with Crippen molar-refractivity contribution in [1.82, 2.24) is 29.7 Å². The lowest BCUT2D eigenvalue weighted by molar-refractivity contribution is -0.131. The molecule has 0 N–H and O–H groups in total. The summed E-state index contributed by atoms with van der Waals surface area (Å²) in [6, 6.07) is 7.88. The lowest BCUT2D eigenvalue weighted by Gasteiger charge is -2.16. The van der Waals surface area contributed by atoms with Crippen molar-refractivity contribution in [3.8, 4) is 0 Å². The van der Waals surface area contributed by atoms with Gasteiger partial charge in [0.25, 0.3) is 0 Å². The molecule has 8 heteroatoms. The number of aromatic nitrogens is 5. The number of rotatable bonds is 4. The Labute approximate surface area is 145 Å². The highest BCUT2D eigenvalue weighted by molar-refractivity contribution is 5.82. The molecular formula is C17H20N6O2. The Bertz CT molecular complexity index is 901. The van der Waals surface area contributed by atoms with Crippen LogP contribution in [-0.4, -0.2) is 61.9 Å². The fourth-order valence-electron chi connectivity index (χ4n) is 3.42. The number of aryl methyl sites for hydroxylation is 1. The first-order valence-electron chi connectivity index (χ1n) is 8.23. The van der Waals surface area contributed by atoms with E-state index in [9.17, 15) is 4.79 Å². The van der Waals surface area contributed by atoms with Crippen molar-refractivity contribution < 1.29 is 9.53 Å². The van der Waals surface area contributed by atoms with E-state index in [-0.39, 0.29) is 24.5 Å². The highest BCUT2D eigenvalue weighted by Gasteiger charge is 2.38. The summed E-state index contributed by atoms with van der Waals surface area (Å²) in [5.41, 5.74) is 1.82. The molecule has 0 bridgehead atoms. The van der Waals surface area contributed by atoms with Gasteiger partial charge in [-0.1, -0.05) is 23.4 Å². The molecule has 1 fully saturated rings. The molecule has 1 saturated heterocycles. The second-order valence-corrected chi connectivity index (χ2v) is 6.36. The Hall–Kier alpha value is -2.74. The highest BCUT2D eigenvalue weighted by Crippen LogP contribution is 2.28. The number of carbonyl (C=O) groups is 1. The molecule has 0 spiro atoms. The van der Waals surface area contributed by atoms with Crippen molar-refractivity contribution in [2.75, 3.05) is 20.2 Å². The molecule has 25 heavy (non-hydrogen) atoms. The van der Waals surface area contributed by atoms with Gasteiger partial charge in [0, 0.05) is 38.8 Å². The molecule has 0 aliphatic carbocycles. The Balaban J connectivity index is 1.51. The van der Waals surface area contributed by atoms with Crippen LogP contribution < -0.4 is 0 Å². The second kappa shape index (κ2) is 6.29. The molecule has 2 atom stereocenters. The molecule has 0 saturated carbocycles. The maximum atomic E-state index is 12.8. The van der Waals surface area contributed by atoms with Crippen LogP contribution in [0.2, 0.25) is 0 Å². The van der Waals surface area contributed by atoms with Crippen LogP contribution in [0.4, 0.5) is 0 Å². The molecule has 8 nitrogen and oxygen atoms in total. The van der Waals surface area contributed by atoms with Crippen LogP contribution in [0, 0.1) is 0 Å². The lowest BCUT2D eigenvalue weighted by atomic mass is 10.0. The average Bonchev–Trinajstić information content (AvgIpc) is 3.33. The molecule has 1 aliphatic rings. The average molecular weight is 340 g/mol. The Morgan fingerprint density at radius 1 is 1.32 bits per heavy atom. The monoisotopic (exact) mass is 340 g/mol. The van der Waals surface area contributed by atoms with Crippen LogP contribution in [0.3, 0.4) is 0 Å². The van der Waals surface area contributed by atoms with Crippen LogP contribution >= 0.6 is 0 Å². The summed E-state index contributed by atoms with van der Waals surface area (Å²) >= 11 is 0. The first-order chi connectivity index (χ1) is 12.2. The fourth-order valence-corrected chi connectivity index (χ4v) is 3.42. The SMILES string of the molecule is CO[C@@H]1CN(C(=O)Cn2ncc3ccccc32)C[C@H]1c1cn(C)nn1. The van der Waals surface area contributed by atoms with Gasteiger partial charge in [-0.05, 0) is 6.07 Å². The minimum Gasteiger partial charge on any atom is -0.379 e. The third-order valence-electron chi connectivity index (χ3n) is 4.76. The van der Waals surface area contributed by atoms with Crippen molar-refractivity contribution in [2.45, 2.75) is 18.6 Å². The van der Waals surface area contributed by atoms with Gasteiger partial charge in [-0.3, -0.25) is 14.2 Å². The maximum Gasteiger partial charge on any atom is 0.244 e. The topological polar surface area (TPSA) is 78.1 Å². The van der Waals surface area contributed by atoms with E-state index in [0.29, 0.717) is 13.1 Å². The minimum atomic E-state index is -0.0741. The number of amides is 1. The number of hydrogen-bond donors (Lipinski definition) is 0. The summed E-state index contributed by atoms with van der Waals surface area (Å²) in [4.78, 5) is 14.6. The van der Waals surface area contributed by atoms with Gasteiger partial charge in [-0.15, -0.1) is 5.10 Å². The molecule has 3 aromatic rings. The summed E-state index contributed by atoms with van der Waals surface area (Å²) in [5, 5.41) is 13.5. The highest BCUT2D eigenvalue weighted by atomic mass is 16.5. The van der Waals surface area contributed by atoms with E-state index in [2.05, 4.69) is 15.4 Å². The van der Waals surface area contributed by atoms with E-state index >= 15 is 0 Å². The third-order valence-corrected chi connectivity index (χ3v) is 4.76. The summed E-state index contributed by atoms with van der Waals surface area (Å²) < 4.78 is 8.99. The number of hydrogen-bond acceptors (Lipinski definition) is 5. The van der Waals surface area contributed by atoms with Gasteiger partial charge in [0.15, 0.2) is 0 Å². The van der Waals surface area contributed by atoms with Crippen molar-refractivity contribution in [3.63, 3.8) is 0 Å². The molecule has 1 aromatic carbocycles. The third kappa shape index (κ3) is 2.89. The van der Waals surface area contributed by atoms with Crippen LogP contribution in [0.5, 0.6) is 0 Å². The maximum absolute atomic E-state index is 12.8. The summed E-state index contributed by atoms with van der Waals surface area (Å²) in [5.74, 6) is 0.0688. The van der Waals surface area contributed by atoms with Crippen molar-refractivity contribution in [3.05, 3.63) is 42.4 Å². The van der Waals surface area contributed by atoms with Gasteiger partial charge in [0.1, 0.15) is 6.54 Å². The largest absolute Gasteiger partial charge is 0.379 e. The predicted molar refractivity (Wildman–Crippen MR) is 90.9 cm³/mol. The molecular weight excluding hydrogens is 320 g/mol. The second-order valence-electron chi connectivity index (χ2n) is 6.36. The van der Waals surface area contributed by atoms with Gasteiger partial charge in [-0.25, -0.2) is 0 Å². The molecule has 130 valence electrons. The number of para-hydroxylation sites is 1. The Kier molecular flexibility index (Phi) is 3.96. The Morgan fingerprint density at radius 3 is 2.92 bits per heavy atom. The number of carbonyl (C=O) groups excluding carboxylic acids is 1. The smallest absolute Gasteiger partial charge is 0.244 e. The van der Waals surface area contributed by atoms with Crippen LogP contribution in [0.25, 0.3) is 10.9 Å². The van der Waals surface area contributed by atoms with E-state index in [1.807, 2.05) is 42.4 Å². The molecule has 4 rings (SSSR count). The normalized spacial score (nSPS) is 20.5. The number of likely N-dealkylation sites (tertiary alicyclic amines) is 1. The van der Waals surface area contributed by atoms with Gasteiger partial charge in [-0.2, -0.15) is 5.10 Å². The van der Waals surface area contributed by atoms with Crippen molar-refractivity contribution in [1.29, 1.82) is 0 Å². The zero-order valence-corrected chi connectivity index (χ0v) is 14.2. The van der Waals surface area contributed by atoms with Crippen LogP contribution in [0.1, 0.15) is 11.6 Å². The number of fused-ring (bicyclic) bond motifs is 1. The van der Waals surface area contributed by atoms with Crippen molar-refractivity contribution in [2.24, 2.45) is 7.05 Å². The van der Waals surface area contributed by atoms with Gasteiger partial charge in [0.2, 0.25) is 5.91 Å². The number of benzene rings is 1. The van der Waals surface area contributed by atoms with Gasteiger partial charge in [0.05, 0.1) is 29.4 Å². The zero-order valence-electron chi connectivity index (χ0n) is 14.2. The molecule has 0 radical (unpaired) electrons. The standard InChI is InChI=1S/C17H20N6O2/c1-21-9-14(19-20-21)13-8-22(10-16(13)25-2)17(24)11-23-15-6-4-3-5-12(15)7-18-23/h3-7,9,13,16H,8,10-11H2,1-2H3/t13-,16+/m0/s1. The summed E-state index contributed by atoms with van der Waals surface area (Å²) in [6.07, 6.45) is 3.59. The predicted octanol–water partition coefficient (Wildman–Crippen LogP) is 0.806. The first kappa shape index (κ1) is 15.8. The van der Waals surface area contributed by atoms with E-state index in [4.69, 9.17) is 4.74 Å². The molecule has 0 unspecified atom stereocenters. The van der Waals surface area contributed by atoms with E-state index in [1.165, 1.54) is 0 Å². The number of ether oxygens (including phenoxy) is 1. The number of nitrogens with zero attached hydrogens (tertiary/aromatic N) is 6. The molecule has 2 aromatic heterocycles. The van der Waals surface area contributed by atoms with Crippen molar-refractivity contribution >= 4 is 16.8 Å². The van der Waals surface area contributed by atoms with Gasteiger partial charge >= 0.3 is 0 Å². The van der Waals surface area contributed by atoms with E-state index < -0.39 is 0 Å². The van der Waals surface area contributed by atoms with Crippen LogP contribution in [0.15, 0.2) is 36.7 Å². The fraction of sp³-hybridized carbons (Fsp3) is 0.412. The zero-order chi connectivity index (χ0) is 17.4. The summed E-state index contributed by atoms with van der Waals surface area (Å²) in [6.45, 7) is 1.35. The quantitative estimate of drug-likeness (QED) is 0.702.